The number of rotatable bonds is 2. The molecule has 0 aliphatic carbocycles. The molecule has 108 valence electrons. The molecule has 2 aliphatic heterocycles. The number of ether oxygens (including phenoxy) is 2. The molecule has 2 heterocycles. The Morgan fingerprint density at radius 1 is 1.05 bits per heavy atom. The minimum atomic E-state index is -0.735. The molecule has 4 heteroatoms. The maximum Gasteiger partial charge on any atom is 0.128 e. The SMILES string of the molecule is OC(c1ccc2c(c1)COC2)c1cc(Cl)cc2c1OCC2. The van der Waals surface area contributed by atoms with Crippen molar-refractivity contribution in [3.63, 3.8) is 0 Å². The summed E-state index contributed by atoms with van der Waals surface area (Å²) in [6.45, 7) is 1.91. The highest BCUT2D eigenvalue weighted by atomic mass is 35.5. The van der Waals surface area contributed by atoms with E-state index in [1.807, 2.05) is 24.3 Å². The van der Waals surface area contributed by atoms with Gasteiger partial charge in [-0.25, -0.2) is 0 Å². The average Bonchev–Trinajstić information content (AvgIpc) is 3.12. The van der Waals surface area contributed by atoms with Crippen LogP contribution in [0.2, 0.25) is 5.02 Å². The Labute approximate surface area is 128 Å². The third-order valence-corrected chi connectivity index (χ3v) is 4.35. The molecule has 0 saturated carbocycles. The summed E-state index contributed by atoms with van der Waals surface area (Å²) in [5.74, 6) is 0.781. The molecule has 0 bridgehead atoms. The van der Waals surface area contributed by atoms with E-state index < -0.39 is 6.10 Å². The lowest BCUT2D eigenvalue weighted by Gasteiger charge is -2.16. The first kappa shape index (κ1) is 13.1. The van der Waals surface area contributed by atoms with E-state index >= 15 is 0 Å². The summed E-state index contributed by atoms with van der Waals surface area (Å²) in [4.78, 5) is 0. The number of aliphatic hydroxyl groups is 1. The zero-order valence-electron chi connectivity index (χ0n) is 11.4. The highest BCUT2D eigenvalue weighted by Crippen LogP contribution is 2.39. The number of hydrogen-bond acceptors (Lipinski definition) is 3. The standard InChI is InChI=1S/C17H15ClO3/c18-14-6-11-3-4-21-17(11)15(7-14)16(19)10-1-2-12-8-20-9-13(12)5-10/h1-2,5-7,16,19H,3-4,8-9H2. The smallest absolute Gasteiger partial charge is 0.128 e. The second kappa shape index (κ2) is 5.02. The first-order chi connectivity index (χ1) is 10.2. The van der Waals surface area contributed by atoms with Crippen LogP contribution in [0.15, 0.2) is 30.3 Å². The van der Waals surface area contributed by atoms with Crippen LogP contribution in [0.4, 0.5) is 0 Å². The minimum absolute atomic E-state index is 0.611. The van der Waals surface area contributed by atoms with E-state index in [-0.39, 0.29) is 0 Å². The van der Waals surface area contributed by atoms with Gasteiger partial charge in [0.25, 0.3) is 0 Å². The zero-order valence-corrected chi connectivity index (χ0v) is 12.2. The van der Waals surface area contributed by atoms with Gasteiger partial charge in [0, 0.05) is 17.0 Å². The summed E-state index contributed by atoms with van der Waals surface area (Å²) in [6, 6.07) is 9.68. The molecular formula is C17H15ClO3. The van der Waals surface area contributed by atoms with Crippen LogP contribution in [0.5, 0.6) is 5.75 Å². The van der Waals surface area contributed by atoms with Gasteiger partial charge in [-0.1, -0.05) is 29.8 Å². The summed E-state index contributed by atoms with van der Waals surface area (Å²) in [5.41, 5.74) is 5.00. The van der Waals surface area contributed by atoms with E-state index in [1.54, 1.807) is 6.07 Å². The largest absolute Gasteiger partial charge is 0.493 e. The summed E-state index contributed by atoms with van der Waals surface area (Å²) in [5, 5.41) is 11.4. The van der Waals surface area contributed by atoms with Crippen molar-refractivity contribution in [2.45, 2.75) is 25.7 Å². The molecule has 2 aromatic carbocycles. The molecule has 0 fully saturated rings. The summed E-state index contributed by atoms with van der Waals surface area (Å²) >= 11 is 6.17. The Hall–Kier alpha value is -1.55. The van der Waals surface area contributed by atoms with Gasteiger partial charge in [0.15, 0.2) is 0 Å². The summed E-state index contributed by atoms with van der Waals surface area (Å²) < 4.78 is 11.1. The summed E-state index contributed by atoms with van der Waals surface area (Å²) in [7, 11) is 0. The fourth-order valence-corrected chi connectivity index (χ4v) is 3.29. The maximum atomic E-state index is 10.7. The van der Waals surface area contributed by atoms with E-state index in [0.717, 1.165) is 34.4 Å². The Balaban J connectivity index is 1.77. The van der Waals surface area contributed by atoms with Crippen LogP contribution in [0.3, 0.4) is 0 Å². The molecule has 0 spiro atoms. The van der Waals surface area contributed by atoms with Gasteiger partial charge in [-0.05, 0) is 34.4 Å². The van der Waals surface area contributed by atoms with E-state index in [9.17, 15) is 5.11 Å². The lowest BCUT2D eigenvalue weighted by atomic mass is 9.96. The van der Waals surface area contributed by atoms with Crippen LogP contribution in [-0.2, 0) is 24.4 Å². The van der Waals surface area contributed by atoms with Gasteiger partial charge in [-0.15, -0.1) is 0 Å². The van der Waals surface area contributed by atoms with Crippen LogP contribution < -0.4 is 4.74 Å². The van der Waals surface area contributed by atoms with Gasteiger partial charge < -0.3 is 14.6 Å². The van der Waals surface area contributed by atoms with Crippen molar-refractivity contribution in [2.24, 2.45) is 0 Å². The molecule has 4 rings (SSSR count). The van der Waals surface area contributed by atoms with Gasteiger partial charge in [-0.3, -0.25) is 0 Å². The average molecular weight is 303 g/mol. The van der Waals surface area contributed by atoms with Crippen LogP contribution in [0, 0.1) is 0 Å². The van der Waals surface area contributed by atoms with Crippen LogP contribution >= 0.6 is 11.6 Å². The molecule has 1 unspecified atom stereocenters. The molecule has 2 aliphatic rings. The minimum Gasteiger partial charge on any atom is -0.493 e. The van der Waals surface area contributed by atoms with Gasteiger partial charge in [0.05, 0.1) is 19.8 Å². The molecule has 0 amide bonds. The first-order valence-electron chi connectivity index (χ1n) is 7.05. The predicted octanol–water partition coefficient (Wildman–Crippen LogP) is 3.39. The van der Waals surface area contributed by atoms with Gasteiger partial charge in [0.2, 0.25) is 0 Å². The fraction of sp³-hybridized carbons (Fsp3) is 0.294. The third-order valence-electron chi connectivity index (χ3n) is 4.13. The molecule has 1 N–H and O–H groups in total. The van der Waals surface area contributed by atoms with E-state index in [0.29, 0.717) is 24.8 Å². The molecule has 0 saturated heterocycles. The van der Waals surface area contributed by atoms with Crippen molar-refractivity contribution in [2.75, 3.05) is 6.61 Å². The van der Waals surface area contributed by atoms with E-state index in [2.05, 4.69) is 0 Å². The van der Waals surface area contributed by atoms with Crippen molar-refractivity contribution in [3.8, 4) is 5.75 Å². The van der Waals surface area contributed by atoms with Crippen LogP contribution in [-0.4, -0.2) is 11.7 Å². The lowest BCUT2D eigenvalue weighted by Crippen LogP contribution is -2.03. The van der Waals surface area contributed by atoms with Crippen molar-refractivity contribution < 1.29 is 14.6 Å². The Bertz CT molecular complexity index is 711. The molecule has 3 nitrogen and oxygen atoms in total. The molecule has 0 aromatic heterocycles. The Kier molecular flexibility index (Phi) is 3.14. The van der Waals surface area contributed by atoms with E-state index in [4.69, 9.17) is 21.1 Å². The number of aliphatic hydroxyl groups excluding tert-OH is 1. The Morgan fingerprint density at radius 3 is 2.81 bits per heavy atom. The molecular weight excluding hydrogens is 288 g/mol. The normalized spacial score (nSPS) is 17.2. The quantitative estimate of drug-likeness (QED) is 0.924. The topological polar surface area (TPSA) is 38.7 Å². The van der Waals surface area contributed by atoms with Crippen LogP contribution in [0.25, 0.3) is 0 Å². The lowest BCUT2D eigenvalue weighted by molar-refractivity contribution is 0.134. The van der Waals surface area contributed by atoms with Gasteiger partial charge in [0.1, 0.15) is 11.9 Å². The monoisotopic (exact) mass is 302 g/mol. The van der Waals surface area contributed by atoms with Crippen molar-refractivity contribution >= 4 is 11.6 Å². The highest BCUT2D eigenvalue weighted by Gasteiger charge is 2.24. The number of hydrogen-bond donors (Lipinski definition) is 1. The number of benzene rings is 2. The second-order valence-corrected chi connectivity index (χ2v) is 5.94. The Morgan fingerprint density at radius 2 is 1.90 bits per heavy atom. The van der Waals surface area contributed by atoms with E-state index in [1.165, 1.54) is 5.56 Å². The molecule has 21 heavy (non-hydrogen) atoms. The number of halogens is 1. The fourth-order valence-electron chi connectivity index (χ4n) is 3.04. The molecule has 2 aromatic rings. The summed E-state index contributed by atoms with van der Waals surface area (Å²) in [6.07, 6.45) is 0.106. The second-order valence-electron chi connectivity index (χ2n) is 5.51. The van der Waals surface area contributed by atoms with Crippen LogP contribution in [0.1, 0.15) is 33.9 Å². The highest BCUT2D eigenvalue weighted by molar-refractivity contribution is 6.30. The van der Waals surface area contributed by atoms with Crippen molar-refractivity contribution in [1.29, 1.82) is 0 Å². The zero-order chi connectivity index (χ0) is 14.4. The molecule has 0 radical (unpaired) electrons. The van der Waals surface area contributed by atoms with Crippen molar-refractivity contribution in [1.82, 2.24) is 0 Å². The maximum absolute atomic E-state index is 10.7. The van der Waals surface area contributed by atoms with Gasteiger partial charge in [-0.2, -0.15) is 0 Å². The molecule has 1 atom stereocenters. The van der Waals surface area contributed by atoms with Gasteiger partial charge >= 0.3 is 0 Å². The number of fused-ring (bicyclic) bond motifs is 2. The van der Waals surface area contributed by atoms with Crippen molar-refractivity contribution in [3.05, 3.63) is 63.2 Å². The predicted molar refractivity (Wildman–Crippen MR) is 79.6 cm³/mol. The first-order valence-corrected chi connectivity index (χ1v) is 7.43. The third kappa shape index (κ3) is 2.22.